The fourth-order valence-electron chi connectivity index (χ4n) is 2.48. The van der Waals surface area contributed by atoms with Crippen LogP contribution in [0.4, 0.5) is 5.69 Å². The van der Waals surface area contributed by atoms with Crippen molar-refractivity contribution in [1.29, 1.82) is 0 Å². The van der Waals surface area contributed by atoms with E-state index in [1.165, 1.54) is 30.2 Å². The third-order valence-corrected chi connectivity index (χ3v) is 3.25. The van der Waals surface area contributed by atoms with Crippen LogP contribution in [0.25, 0.3) is 6.08 Å². The molecular weight excluding hydrogens is 224 g/mol. The van der Waals surface area contributed by atoms with Gasteiger partial charge in [0.2, 0.25) is 5.91 Å². The Balaban J connectivity index is 2.23. The van der Waals surface area contributed by atoms with Crippen molar-refractivity contribution >= 4 is 17.7 Å². The molecule has 3 heteroatoms. The van der Waals surface area contributed by atoms with E-state index in [0.717, 1.165) is 25.1 Å². The Hall–Kier alpha value is -1.77. The first-order valence-corrected chi connectivity index (χ1v) is 6.56. The largest absolute Gasteiger partial charge is 0.371 e. The Labute approximate surface area is 108 Å². The first-order valence-electron chi connectivity index (χ1n) is 6.56. The van der Waals surface area contributed by atoms with Gasteiger partial charge >= 0.3 is 0 Å². The van der Waals surface area contributed by atoms with Gasteiger partial charge in [0, 0.05) is 24.9 Å². The number of nitrogens with two attached hydrogens (primary N) is 1. The van der Waals surface area contributed by atoms with E-state index in [9.17, 15) is 4.79 Å². The lowest BCUT2D eigenvalue weighted by Gasteiger charge is -2.31. The van der Waals surface area contributed by atoms with Gasteiger partial charge in [-0.25, -0.2) is 0 Å². The molecule has 0 radical (unpaired) electrons. The Morgan fingerprint density at radius 1 is 1.50 bits per heavy atom. The third kappa shape index (κ3) is 2.92. The predicted molar refractivity (Wildman–Crippen MR) is 75.5 cm³/mol. The van der Waals surface area contributed by atoms with Crippen molar-refractivity contribution in [3.8, 4) is 0 Å². The molecule has 18 heavy (non-hydrogen) atoms. The Bertz CT molecular complexity index is 466. The molecule has 0 aliphatic carbocycles. The van der Waals surface area contributed by atoms with E-state index in [0.29, 0.717) is 0 Å². The standard InChI is InChI=1S/C15H20N2O/c1-2-9-17-10-3-4-13-11-12(5-7-14(13)17)6-8-15(16)18/h5-8,11H,2-4,9-10H2,1H3,(H2,16,18)/b8-6-. The first kappa shape index (κ1) is 12.7. The Morgan fingerprint density at radius 3 is 3.06 bits per heavy atom. The van der Waals surface area contributed by atoms with Crippen molar-refractivity contribution in [3.63, 3.8) is 0 Å². The highest BCUT2D eigenvalue weighted by atomic mass is 16.1. The average Bonchev–Trinajstić information content (AvgIpc) is 2.37. The molecule has 1 heterocycles. The van der Waals surface area contributed by atoms with Gasteiger partial charge in [-0.05, 0) is 48.6 Å². The molecule has 1 aromatic carbocycles. The van der Waals surface area contributed by atoms with Gasteiger partial charge in [0.15, 0.2) is 0 Å². The quantitative estimate of drug-likeness (QED) is 0.826. The molecule has 1 aliphatic rings. The highest BCUT2D eigenvalue weighted by Crippen LogP contribution is 2.28. The van der Waals surface area contributed by atoms with Crippen LogP contribution in [0.3, 0.4) is 0 Å². The predicted octanol–water partition coefficient (Wildman–Crippen LogP) is 2.35. The van der Waals surface area contributed by atoms with Gasteiger partial charge in [-0.2, -0.15) is 0 Å². The Morgan fingerprint density at radius 2 is 2.33 bits per heavy atom. The third-order valence-electron chi connectivity index (χ3n) is 3.25. The maximum Gasteiger partial charge on any atom is 0.241 e. The molecule has 2 rings (SSSR count). The summed E-state index contributed by atoms with van der Waals surface area (Å²) in [6, 6.07) is 6.37. The summed E-state index contributed by atoms with van der Waals surface area (Å²) < 4.78 is 0. The van der Waals surface area contributed by atoms with E-state index >= 15 is 0 Å². The summed E-state index contributed by atoms with van der Waals surface area (Å²) in [4.78, 5) is 13.2. The lowest BCUT2D eigenvalue weighted by atomic mass is 9.99. The maximum absolute atomic E-state index is 10.7. The minimum Gasteiger partial charge on any atom is -0.371 e. The average molecular weight is 244 g/mol. The van der Waals surface area contributed by atoms with Gasteiger partial charge in [-0.3, -0.25) is 4.79 Å². The maximum atomic E-state index is 10.7. The molecule has 1 aromatic rings. The zero-order valence-corrected chi connectivity index (χ0v) is 10.9. The number of amides is 1. The van der Waals surface area contributed by atoms with Gasteiger partial charge in [-0.15, -0.1) is 0 Å². The molecule has 96 valence electrons. The first-order chi connectivity index (χ1) is 8.70. The summed E-state index contributed by atoms with van der Waals surface area (Å²) in [5, 5.41) is 0. The van der Waals surface area contributed by atoms with Crippen LogP contribution in [-0.4, -0.2) is 19.0 Å². The fraction of sp³-hybridized carbons (Fsp3) is 0.400. The zero-order chi connectivity index (χ0) is 13.0. The van der Waals surface area contributed by atoms with Crippen molar-refractivity contribution < 1.29 is 4.79 Å². The van der Waals surface area contributed by atoms with Crippen molar-refractivity contribution in [3.05, 3.63) is 35.4 Å². The fourth-order valence-corrected chi connectivity index (χ4v) is 2.48. The lowest BCUT2D eigenvalue weighted by Crippen LogP contribution is -2.29. The molecule has 0 fully saturated rings. The van der Waals surface area contributed by atoms with Crippen LogP contribution >= 0.6 is 0 Å². The van der Waals surface area contributed by atoms with Gasteiger partial charge < -0.3 is 10.6 Å². The van der Waals surface area contributed by atoms with Gasteiger partial charge in [0.05, 0.1) is 0 Å². The summed E-state index contributed by atoms with van der Waals surface area (Å²) in [7, 11) is 0. The van der Waals surface area contributed by atoms with Crippen molar-refractivity contribution in [2.75, 3.05) is 18.0 Å². The van der Waals surface area contributed by atoms with E-state index in [2.05, 4.69) is 24.0 Å². The van der Waals surface area contributed by atoms with Crippen LogP contribution in [0.1, 0.15) is 30.9 Å². The van der Waals surface area contributed by atoms with Gasteiger partial charge in [0.1, 0.15) is 0 Å². The summed E-state index contributed by atoms with van der Waals surface area (Å²) in [5.41, 5.74) is 8.88. The van der Waals surface area contributed by atoms with Crippen LogP contribution in [0.15, 0.2) is 24.3 Å². The molecule has 0 unspecified atom stereocenters. The molecule has 1 aliphatic heterocycles. The number of rotatable bonds is 4. The normalized spacial score (nSPS) is 14.8. The number of fused-ring (bicyclic) bond motifs is 1. The van der Waals surface area contributed by atoms with E-state index in [4.69, 9.17) is 5.73 Å². The molecular formula is C15H20N2O. The van der Waals surface area contributed by atoms with Crippen LogP contribution in [-0.2, 0) is 11.2 Å². The van der Waals surface area contributed by atoms with E-state index in [1.807, 2.05) is 6.07 Å². The number of hydrogen-bond acceptors (Lipinski definition) is 2. The second-order valence-corrected chi connectivity index (χ2v) is 4.71. The van der Waals surface area contributed by atoms with Crippen molar-refractivity contribution in [1.82, 2.24) is 0 Å². The lowest BCUT2D eigenvalue weighted by molar-refractivity contribution is -0.113. The minimum atomic E-state index is -0.402. The summed E-state index contributed by atoms with van der Waals surface area (Å²) in [5.74, 6) is -0.402. The number of primary amides is 1. The summed E-state index contributed by atoms with van der Waals surface area (Å²) in [6.45, 7) is 4.47. The smallest absolute Gasteiger partial charge is 0.241 e. The number of anilines is 1. The number of benzene rings is 1. The number of hydrogen-bond donors (Lipinski definition) is 1. The summed E-state index contributed by atoms with van der Waals surface area (Å²) in [6.07, 6.45) is 6.68. The van der Waals surface area contributed by atoms with Crippen LogP contribution in [0.2, 0.25) is 0 Å². The molecule has 2 N–H and O–H groups in total. The molecule has 0 bridgehead atoms. The number of aryl methyl sites for hydroxylation is 1. The molecule has 0 aromatic heterocycles. The van der Waals surface area contributed by atoms with Crippen LogP contribution < -0.4 is 10.6 Å². The highest BCUT2D eigenvalue weighted by molar-refractivity contribution is 5.90. The number of carbonyl (C=O) groups is 1. The summed E-state index contributed by atoms with van der Waals surface area (Å²) >= 11 is 0. The van der Waals surface area contributed by atoms with E-state index < -0.39 is 5.91 Å². The van der Waals surface area contributed by atoms with Crippen molar-refractivity contribution in [2.45, 2.75) is 26.2 Å². The van der Waals surface area contributed by atoms with Crippen LogP contribution in [0, 0.1) is 0 Å². The molecule has 3 nitrogen and oxygen atoms in total. The highest BCUT2D eigenvalue weighted by Gasteiger charge is 2.15. The molecule has 0 spiro atoms. The van der Waals surface area contributed by atoms with Crippen LogP contribution in [0.5, 0.6) is 0 Å². The molecule has 0 atom stereocenters. The molecule has 0 saturated heterocycles. The van der Waals surface area contributed by atoms with E-state index in [-0.39, 0.29) is 0 Å². The zero-order valence-electron chi connectivity index (χ0n) is 10.9. The van der Waals surface area contributed by atoms with Gasteiger partial charge in [0.25, 0.3) is 0 Å². The number of nitrogens with zero attached hydrogens (tertiary/aromatic N) is 1. The monoisotopic (exact) mass is 244 g/mol. The van der Waals surface area contributed by atoms with Crippen molar-refractivity contribution in [2.24, 2.45) is 5.73 Å². The minimum absolute atomic E-state index is 0.402. The van der Waals surface area contributed by atoms with E-state index in [1.54, 1.807) is 6.08 Å². The Kier molecular flexibility index (Phi) is 4.03. The molecule has 1 amide bonds. The number of carbonyl (C=O) groups excluding carboxylic acids is 1. The molecule has 0 saturated carbocycles. The second-order valence-electron chi connectivity index (χ2n) is 4.71. The van der Waals surface area contributed by atoms with Gasteiger partial charge in [-0.1, -0.05) is 13.0 Å². The second kappa shape index (κ2) is 5.71. The SMILES string of the molecule is CCCN1CCCc2cc(/C=C\C(N)=O)ccc21. The topological polar surface area (TPSA) is 46.3 Å².